The van der Waals surface area contributed by atoms with Crippen molar-refractivity contribution in [2.24, 2.45) is 0 Å². The molecule has 2 rings (SSSR count). The number of amides is 1. The van der Waals surface area contributed by atoms with Crippen molar-refractivity contribution in [2.45, 2.75) is 13.0 Å². The Bertz CT molecular complexity index is 640. The molecule has 0 unspecified atom stereocenters. The van der Waals surface area contributed by atoms with Gasteiger partial charge in [-0.25, -0.2) is 0 Å². The van der Waals surface area contributed by atoms with E-state index in [0.717, 1.165) is 0 Å². The van der Waals surface area contributed by atoms with Gasteiger partial charge in [-0.15, -0.1) is 0 Å². The maximum absolute atomic E-state index is 12.0. The molecule has 1 N–H and O–H groups in total. The van der Waals surface area contributed by atoms with Crippen LogP contribution in [0.3, 0.4) is 0 Å². The van der Waals surface area contributed by atoms with Gasteiger partial charge in [0.15, 0.2) is 0 Å². The van der Waals surface area contributed by atoms with E-state index in [1.807, 2.05) is 0 Å². The molecule has 0 radical (unpaired) electrons. The quantitative estimate of drug-likeness (QED) is 0.683. The molecule has 0 saturated heterocycles. The number of hydrogen-bond donors (Lipinski definition) is 1. The number of rotatable bonds is 4. The van der Waals surface area contributed by atoms with Crippen LogP contribution in [-0.4, -0.2) is 10.8 Å². The third-order valence-corrected chi connectivity index (χ3v) is 3.39. The van der Waals surface area contributed by atoms with Gasteiger partial charge >= 0.3 is 0 Å². The predicted molar refractivity (Wildman–Crippen MR) is 75.4 cm³/mol. The Labute approximate surface area is 123 Å². The summed E-state index contributed by atoms with van der Waals surface area (Å²) in [6.45, 7) is 1.77. The second-order valence-corrected chi connectivity index (χ2v) is 4.99. The van der Waals surface area contributed by atoms with Crippen LogP contribution in [0.25, 0.3) is 0 Å². The molecule has 1 amide bonds. The molecule has 1 aromatic heterocycles. The molecule has 6 nitrogen and oxygen atoms in total. The lowest BCUT2D eigenvalue weighted by atomic mass is 10.1. The average Bonchev–Trinajstić information content (AvgIpc) is 2.92. The lowest BCUT2D eigenvalue weighted by Crippen LogP contribution is -2.26. The highest BCUT2D eigenvalue weighted by atomic mass is 79.9. The van der Waals surface area contributed by atoms with Gasteiger partial charge in [0.25, 0.3) is 11.6 Å². The molecule has 1 heterocycles. The first-order valence-electron chi connectivity index (χ1n) is 5.77. The van der Waals surface area contributed by atoms with Gasteiger partial charge in [-0.3, -0.25) is 14.9 Å². The fourth-order valence-electron chi connectivity index (χ4n) is 1.68. The first-order valence-corrected chi connectivity index (χ1v) is 6.56. The van der Waals surface area contributed by atoms with Crippen LogP contribution in [0, 0.1) is 10.1 Å². The monoisotopic (exact) mass is 338 g/mol. The number of carbonyl (C=O) groups is 1. The molecule has 0 spiro atoms. The van der Waals surface area contributed by atoms with E-state index in [4.69, 9.17) is 4.42 Å². The molecular weight excluding hydrogens is 328 g/mol. The van der Waals surface area contributed by atoms with Gasteiger partial charge in [0, 0.05) is 11.6 Å². The van der Waals surface area contributed by atoms with E-state index in [-0.39, 0.29) is 17.3 Å². The zero-order valence-corrected chi connectivity index (χ0v) is 12.1. The Morgan fingerprint density at radius 2 is 2.20 bits per heavy atom. The highest BCUT2D eigenvalue weighted by Gasteiger charge is 2.18. The molecule has 0 aliphatic rings. The van der Waals surface area contributed by atoms with Crippen molar-refractivity contribution >= 4 is 27.5 Å². The number of nitro benzene ring substituents is 1. The van der Waals surface area contributed by atoms with Crippen LogP contribution in [0.2, 0.25) is 0 Å². The van der Waals surface area contributed by atoms with E-state index < -0.39 is 10.8 Å². The highest BCUT2D eigenvalue weighted by Crippen LogP contribution is 2.26. The van der Waals surface area contributed by atoms with Crippen LogP contribution < -0.4 is 5.32 Å². The fourth-order valence-corrected chi connectivity index (χ4v) is 2.07. The Kier molecular flexibility index (Phi) is 4.19. The van der Waals surface area contributed by atoms with E-state index >= 15 is 0 Å². The molecule has 20 heavy (non-hydrogen) atoms. The fraction of sp³-hybridized carbons (Fsp3) is 0.154. The smallest absolute Gasteiger partial charge is 0.284 e. The summed E-state index contributed by atoms with van der Waals surface area (Å²) in [5.74, 6) is 0.217. The molecule has 0 aliphatic carbocycles. The average molecular weight is 339 g/mol. The molecule has 2 aromatic rings. The van der Waals surface area contributed by atoms with E-state index in [0.29, 0.717) is 10.2 Å². The van der Waals surface area contributed by atoms with E-state index in [1.165, 1.54) is 24.5 Å². The van der Waals surface area contributed by atoms with Gasteiger partial charge in [-0.1, -0.05) is 0 Å². The van der Waals surface area contributed by atoms with Crippen LogP contribution in [0.4, 0.5) is 5.69 Å². The van der Waals surface area contributed by atoms with Gasteiger partial charge < -0.3 is 9.73 Å². The third kappa shape index (κ3) is 3.05. The zero-order valence-electron chi connectivity index (χ0n) is 10.5. The molecule has 0 aliphatic heterocycles. The second-order valence-electron chi connectivity index (χ2n) is 4.13. The summed E-state index contributed by atoms with van der Waals surface area (Å²) in [5, 5.41) is 13.5. The van der Waals surface area contributed by atoms with Crippen LogP contribution >= 0.6 is 15.9 Å². The molecule has 1 atom stereocenters. The number of furan rings is 1. The third-order valence-electron chi connectivity index (χ3n) is 2.72. The minimum Gasteiger partial charge on any atom is -0.467 e. The maximum atomic E-state index is 12.0. The van der Waals surface area contributed by atoms with Crippen molar-refractivity contribution in [2.75, 3.05) is 0 Å². The van der Waals surface area contributed by atoms with Crippen molar-refractivity contribution in [3.05, 3.63) is 62.5 Å². The molecule has 0 fully saturated rings. The lowest BCUT2D eigenvalue weighted by molar-refractivity contribution is -0.385. The first kappa shape index (κ1) is 14.3. The van der Waals surface area contributed by atoms with Crippen LogP contribution in [0.5, 0.6) is 0 Å². The van der Waals surface area contributed by atoms with E-state index in [9.17, 15) is 14.9 Å². The number of nitro groups is 1. The predicted octanol–water partition coefficient (Wildman–Crippen LogP) is 3.44. The van der Waals surface area contributed by atoms with Crippen molar-refractivity contribution in [3.8, 4) is 0 Å². The van der Waals surface area contributed by atoms with Gasteiger partial charge in [-0.05, 0) is 47.1 Å². The number of carbonyl (C=O) groups excluding carboxylic acids is 1. The summed E-state index contributed by atoms with van der Waals surface area (Å²) in [4.78, 5) is 22.3. The molecule has 0 bridgehead atoms. The topological polar surface area (TPSA) is 85.4 Å². The molecular formula is C13H11BrN2O4. The minimum absolute atomic E-state index is 0.150. The SMILES string of the molecule is C[C@@H](NC(=O)c1ccc(Br)c([N+](=O)[O-])c1)c1ccco1. The zero-order chi connectivity index (χ0) is 14.7. The Morgan fingerprint density at radius 1 is 1.45 bits per heavy atom. The second kappa shape index (κ2) is 5.87. The van der Waals surface area contributed by atoms with E-state index in [1.54, 1.807) is 19.1 Å². The van der Waals surface area contributed by atoms with Crippen molar-refractivity contribution < 1.29 is 14.1 Å². The largest absolute Gasteiger partial charge is 0.467 e. The summed E-state index contributed by atoms with van der Waals surface area (Å²) in [6, 6.07) is 7.37. The Hall–Kier alpha value is -2.15. The molecule has 104 valence electrons. The normalized spacial score (nSPS) is 11.9. The van der Waals surface area contributed by atoms with Crippen LogP contribution in [0.15, 0.2) is 45.5 Å². The van der Waals surface area contributed by atoms with E-state index in [2.05, 4.69) is 21.2 Å². The standard InChI is InChI=1S/C13H11BrN2O4/c1-8(12-3-2-6-20-12)15-13(17)9-4-5-10(14)11(7-9)16(18)19/h2-8H,1H3,(H,15,17)/t8-/m1/s1. The number of hydrogen-bond acceptors (Lipinski definition) is 4. The summed E-state index contributed by atoms with van der Waals surface area (Å²) in [7, 11) is 0. The summed E-state index contributed by atoms with van der Waals surface area (Å²) in [6.07, 6.45) is 1.52. The summed E-state index contributed by atoms with van der Waals surface area (Å²) >= 11 is 3.07. The molecule has 0 saturated carbocycles. The van der Waals surface area contributed by atoms with Gasteiger partial charge in [0.1, 0.15) is 5.76 Å². The molecule has 1 aromatic carbocycles. The van der Waals surface area contributed by atoms with Gasteiger partial charge in [0.05, 0.1) is 21.7 Å². The highest BCUT2D eigenvalue weighted by molar-refractivity contribution is 9.10. The van der Waals surface area contributed by atoms with Crippen molar-refractivity contribution in [3.63, 3.8) is 0 Å². The maximum Gasteiger partial charge on any atom is 0.284 e. The Morgan fingerprint density at radius 3 is 2.80 bits per heavy atom. The van der Waals surface area contributed by atoms with Crippen molar-refractivity contribution in [1.29, 1.82) is 0 Å². The first-order chi connectivity index (χ1) is 9.49. The van der Waals surface area contributed by atoms with Gasteiger partial charge in [0.2, 0.25) is 0 Å². The summed E-state index contributed by atoms with van der Waals surface area (Å²) < 4.78 is 5.51. The van der Waals surface area contributed by atoms with Crippen molar-refractivity contribution in [1.82, 2.24) is 5.32 Å². The Balaban J connectivity index is 2.17. The number of benzene rings is 1. The lowest BCUT2D eigenvalue weighted by Gasteiger charge is -2.11. The summed E-state index contributed by atoms with van der Waals surface area (Å²) in [5.41, 5.74) is 0.0709. The van der Waals surface area contributed by atoms with Crippen LogP contribution in [-0.2, 0) is 0 Å². The van der Waals surface area contributed by atoms with Gasteiger partial charge in [-0.2, -0.15) is 0 Å². The van der Waals surface area contributed by atoms with Crippen LogP contribution in [0.1, 0.15) is 29.1 Å². The number of halogens is 1. The molecule has 7 heteroatoms. The number of nitrogens with one attached hydrogen (secondary N) is 1. The minimum atomic E-state index is -0.545. The number of nitrogens with zero attached hydrogens (tertiary/aromatic N) is 1.